The molecule has 8 heteroatoms. The highest BCUT2D eigenvalue weighted by atomic mass is 79.9. The highest BCUT2D eigenvalue weighted by Gasteiger charge is 2.29. The van der Waals surface area contributed by atoms with Crippen molar-refractivity contribution in [1.29, 1.82) is 0 Å². The highest BCUT2D eigenvalue weighted by Crippen LogP contribution is 2.28. The molecular formula is C27H29BrN4O3. The van der Waals surface area contributed by atoms with Crippen molar-refractivity contribution in [3.8, 4) is 5.75 Å². The number of hydrogen-bond donors (Lipinski definition) is 2. The zero-order valence-electron chi connectivity index (χ0n) is 19.6. The van der Waals surface area contributed by atoms with Crippen molar-refractivity contribution in [2.24, 2.45) is 0 Å². The first-order chi connectivity index (χ1) is 17.0. The first-order valence-electron chi connectivity index (χ1n) is 11.6. The van der Waals surface area contributed by atoms with Gasteiger partial charge >= 0.3 is 6.03 Å². The molecule has 1 atom stereocenters. The highest BCUT2D eigenvalue weighted by molar-refractivity contribution is 9.10. The minimum atomic E-state index is -0.678. The van der Waals surface area contributed by atoms with Crippen molar-refractivity contribution >= 4 is 39.2 Å². The Balaban J connectivity index is 1.43. The van der Waals surface area contributed by atoms with Gasteiger partial charge in [-0.15, -0.1) is 0 Å². The summed E-state index contributed by atoms with van der Waals surface area (Å²) < 4.78 is 6.36. The van der Waals surface area contributed by atoms with E-state index in [9.17, 15) is 9.59 Å². The van der Waals surface area contributed by atoms with Gasteiger partial charge in [-0.3, -0.25) is 4.79 Å². The average molecular weight is 537 g/mol. The van der Waals surface area contributed by atoms with Gasteiger partial charge in [0.05, 0.1) is 12.8 Å². The number of nitrogens with zero attached hydrogens (tertiary/aromatic N) is 2. The van der Waals surface area contributed by atoms with E-state index in [4.69, 9.17) is 4.74 Å². The molecular weight excluding hydrogens is 508 g/mol. The molecule has 1 unspecified atom stereocenters. The number of nitrogens with one attached hydrogen (secondary N) is 2. The first kappa shape index (κ1) is 24.6. The summed E-state index contributed by atoms with van der Waals surface area (Å²) >= 11 is 3.41. The van der Waals surface area contributed by atoms with Crippen LogP contribution in [0.4, 0.5) is 16.2 Å². The Morgan fingerprint density at radius 1 is 0.943 bits per heavy atom. The minimum absolute atomic E-state index is 0.0853. The number of urea groups is 1. The predicted molar refractivity (Wildman–Crippen MR) is 142 cm³/mol. The number of carbonyl (C=O) groups is 2. The number of halogens is 1. The van der Waals surface area contributed by atoms with Gasteiger partial charge in [-0.2, -0.15) is 0 Å². The quantitative estimate of drug-likeness (QED) is 0.465. The molecule has 182 valence electrons. The summed E-state index contributed by atoms with van der Waals surface area (Å²) in [5.74, 6) is 0.734. The van der Waals surface area contributed by atoms with Crippen LogP contribution in [-0.4, -0.2) is 56.2 Å². The van der Waals surface area contributed by atoms with E-state index >= 15 is 0 Å². The van der Waals surface area contributed by atoms with Crippen LogP contribution in [0.15, 0.2) is 83.3 Å². The number of amides is 3. The lowest BCUT2D eigenvalue weighted by Crippen LogP contribution is -2.56. The summed E-state index contributed by atoms with van der Waals surface area (Å²) in [5, 5.41) is 5.73. The second-order valence-corrected chi connectivity index (χ2v) is 9.25. The SMILES string of the molecule is COc1ccccc1N1CCN(C(=O)C(Cc2ccccc2)NC(=O)Nc2cccc(Br)c2)CC1. The predicted octanol–water partition coefficient (Wildman–Crippen LogP) is 4.54. The fourth-order valence-electron chi connectivity index (χ4n) is 4.22. The van der Waals surface area contributed by atoms with E-state index < -0.39 is 12.1 Å². The maximum atomic E-state index is 13.5. The minimum Gasteiger partial charge on any atom is -0.495 e. The molecule has 1 aliphatic rings. The Kier molecular flexibility index (Phi) is 8.26. The van der Waals surface area contributed by atoms with Crippen LogP contribution < -0.4 is 20.3 Å². The number of benzene rings is 3. The van der Waals surface area contributed by atoms with Gasteiger partial charge < -0.3 is 25.2 Å². The Hall–Kier alpha value is -3.52. The molecule has 4 rings (SSSR count). The molecule has 0 radical (unpaired) electrons. The van der Waals surface area contributed by atoms with Gasteiger partial charge in [0.1, 0.15) is 11.8 Å². The number of rotatable bonds is 7. The maximum absolute atomic E-state index is 13.5. The van der Waals surface area contributed by atoms with E-state index in [1.807, 2.05) is 77.7 Å². The Bertz CT molecular complexity index is 1150. The molecule has 3 aromatic rings. The zero-order valence-corrected chi connectivity index (χ0v) is 21.2. The van der Waals surface area contributed by atoms with E-state index in [1.165, 1.54) is 0 Å². The number of methoxy groups -OCH3 is 1. The monoisotopic (exact) mass is 536 g/mol. The molecule has 1 heterocycles. The summed E-state index contributed by atoms with van der Waals surface area (Å²) in [4.78, 5) is 30.4. The molecule has 3 aromatic carbocycles. The number of piperazine rings is 1. The summed E-state index contributed by atoms with van der Waals surface area (Å²) in [5.41, 5.74) is 2.66. The van der Waals surface area contributed by atoms with Crippen LogP contribution in [0, 0.1) is 0 Å². The van der Waals surface area contributed by atoms with Gasteiger partial charge in [0.15, 0.2) is 0 Å². The van der Waals surface area contributed by atoms with Crippen molar-refractivity contribution in [1.82, 2.24) is 10.2 Å². The van der Waals surface area contributed by atoms with Crippen molar-refractivity contribution in [2.75, 3.05) is 43.5 Å². The lowest BCUT2D eigenvalue weighted by atomic mass is 10.0. The van der Waals surface area contributed by atoms with Gasteiger partial charge in [-0.05, 0) is 35.9 Å². The molecule has 7 nitrogen and oxygen atoms in total. The maximum Gasteiger partial charge on any atom is 0.319 e. The second-order valence-electron chi connectivity index (χ2n) is 8.34. The number of anilines is 2. The Labute approximate surface area is 214 Å². The normalized spacial score (nSPS) is 14.2. The van der Waals surface area contributed by atoms with Crippen LogP contribution >= 0.6 is 15.9 Å². The molecule has 1 fully saturated rings. The molecule has 0 saturated carbocycles. The third kappa shape index (κ3) is 6.54. The van der Waals surface area contributed by atoms with Gasteiger partial charge in [0.2, 0.25) is 5.91 Å². The molecule has 35 heavy (non-hydrogen) atoms. The fourth-order valence-corrected chi connectivity index (χ4v) is 4.62. The molecule has 0 spiro atoms. The lowest BCUT2D eigenvalue weighted by Gasteiger charge is -2.38. The number of carbonyl (C=O) groups excluding carboxylic acids is 2. The van der Waals surface area contributed by atoms with Crippen LogP contribution in [0.1, 0.15) is 5.56 Å². The fraction of sp³-hybridized carbons (Fsp3) is 0.259. The molecule has 1 aliphatic heterocycles. The lowest BCUT2D eigenvalue weighted by molar-refractivity contribution is -0.133. The summed E-state index contributed by atoms with van der Waals surface area (Å²) in [6.45, 7) is 2.51. The second kappa shape index (κ2) is 11.8. The first-order valence-corrected chi connectivity index (χ1v) is 12.4. The summed E-state index contributed by atoms with van der Waals surface area (Å²) in [6.07, 6.45) is 0.415. The molecule has 2 N–H and O–H groups in total. The molecule has 3 amide bonds. The molecule has 0 bridgehead atoms. The Morgan fingerprint density at radius 2 is 1.66 bits per heavy atom. The van der Waals surface area contributed by atoms with Gasteiger partial charge in [0.25, 0.3) is 0 Å². The van der Waals surface area contributed by atoms with Crippen LogP contribution in [0.25, 0.3) is 0 Å². The van der Waals surface area contributed by atoms with E-state index in [2.05, 4.69) is 31.5 Å². The number of ether oxygens (including phenoxy) is 1. The van der Waals surface area contributed by atoms with E-state index in [1.54, 1.807) is 13.2 Å². The van der Waals surface area contributed by atoms with Gasteiger partial charge in [-0.25, -0.2) is 4.79 Å². The van der Waals surface area contributed by atoms with Crippen molar-refractivity contribution < 1.29 is 14.3 Å². The summed E-state index contributed by atoms with van der Waals surface area (Å²) in [6, 6.07) is 23.9. The third-order valence-electron chi connectivity index (χ3n) is 5.99. The largest absolute Gasteiger partial charge is 0.495 e. The third-order valence-corrected chi connectivity index (χ3v) is 6.48. The van der Waals surface area contributed by atoms with E-state index in [0.29, 0.717) is 38.3 Å². The number of para-hydroxylation sites is 2. The van der Waals surface area contributed by atoms with Gasteiger partial charge in [-0.1, -0.05) is 64.5 Å². The molecule has 0 aliphatic carbocycles. The van der Waals surface area contributed by atoms with Crippen molar-refractivity contribution in [3.05, 3.63) is 88.9 Å². The summed E-state index contributed by atoms with van der Waals surface area (Å²) in [7, 11) is 1.66. The van der Waals surface area contributed by atoms with Crippen molar-refractivity contribution in [2.45, 2.75) is 12.5 Å². The van der Waals surface area contributed by atoms with E-state index in [0.717, 1.165) is 21.5 Å². The standard InChI is InChI=1S/C27H29BrN4O3/c1-35-25-13-6-5-12-24(25)31-14-16-32(17-15-31)26(33)23(18-20-8-3-2-4-9-20)30-27(34)29-22-11-7-10-21(28)19-22/h2-13,19,23H,14-18H2,1H3,(H2,29,30,34). The van der Waals surface area contributed by atoms with E-state index in [-0.39, 0.29) is 5.91 Å². The topological polar surface area (TPSA) is 73.9 Å². The smallest absolute Gasteiger partial charge is 0.319 e. The van der Waals surface area contributed by atoms with Gasteiger partial charge in [0, 0.05) is 42.8 Å². The van der Waals surface area contributed by atoms with Crippen LogP contribution in [0.5, 0.6) is 5.75 Å². The molecule has 0 aromatic heterocycles. The Morgan fingerprint density at radius 3 is 2.37 bits per heavy atom. The molecule has 1 saturated heterocycles. The van der Waals surface area contributed by atoms with Crippen LogP contribution in [0.2, 0.25) is 0 Å². The average Bonchev–Trinajstić information content (AvgIpc) is 2.88. The zero-order chi connectivity index (χ0) is 24.6. The van der Waals surface area contributed by atoms with Crippen LogP contribution in [0.3, 0.4) is 0 Å². The van der Waals surface area contributed by atoms with Crippen LogP contribution in [-0.2, 0) is 11.2 Å². The van der Waals surface area contributed by atoms with Crippen molar-refractivity contribution in [3.63, 3.8) is 0 Å². The number of hydrogen-bond acceptors (Lipinski definition) is 4.